The fourth-order valence-electron chi connectivity index (χ4n) is 4.15. The van der Waals surface area contributed by atoms with Crippen LogP contribution < -0.4 is 4.90 Å². The zero-order chi connectivity index (χ0) is 22.0. The van der Waals surface area contributed by atoms with E-state index >= 15 is 0 Å². The summed E-state index contributed by atoms with van der Waals surface area (Å²) in [5.74, 6) is 0.103. The first-order valence-electron chi connectivity index (χ1n) is 11.0. The maximum Gasteiger partial charge on any atom is 0.410 e. The van der Waals surface area contributed by atoms with Gasteiger partial charge in [0.1, 0.15) is 5.60 Å². The van der Waals surface area contributed by atoms with Gasteiger partial charge in [-0.05, 0) is 56.5 Å². The van der Waals surface area contributed by atoms with E-state index in [4.69, 9.17) is 4.74 Å². The molecule has 2 heterocycles. The van der Waals surface area contributed by atoms with Gasteiger partial charge in [0.25, 0.3) is 5.91 Å². The zero-order valence-corrected chi connectivity index (χ0v) is 18.6. The van der Waals surface area contributed by atoms with Crippen molar-refractivity contribution < 1.29 is 14.3 Å². The molecular formula is C25H31N3O3. The van der Waals surface area contributed by atoms with E-state index in [1.54, 1.807) is 4.90 Å². The van der Waals surface area contributed by atoms with Crippen molar-refractivity contribution in [1.82, 2.24) is 9.80 Å². The Kier molecular flexibility index (Phi) is 5.90. The fraction of sp³-hybridized carbons (Fsp3) is 0.440. The minimum atomic E-state index is -0.479. The smallest absolute Gasteiger partial charge is 0.410 e. The molecule has 0 bridgehead atoms. The number of hydrogen-bond acceptors (Lipinski definition) is 4. The topological polar surface area (TPSA) is 53.1 Å². The Morgan fingerprint density at radius 3 is 2.35 bits per heavy atom. The van der Waals surface area contributed by atoms with Crippen molar-refractivity contribution in [3.05, 3.63) is 65.2 Å². The maximum absolute atomic E-state index is 13.0. The molecule has 164 valence electrons. The van der Waals surface area contributed by atoms with Gasteiger partial charge in [-0.25, -0.2) is 4.79 Å². The first-order valence-corrected chi connectivity index (χ1v) is 11.0. The summed E-state index contributed by atoms with van der Waals surface area (Å²) in [6.45, 7) is 9.82. The largest absolute Gasteiger partial charge is 0.444 e. The normalized spacial score (nSPS) is 16.9. The number of fused-ring (bicyclic) bond motifs is 1. The minimum Gasteiger partial charge on any atom is -0.444 e. The highest BCUT2D eigenvalue weighted by Crippen LogP contribution is 2.26. The molecule has 0 saturated carbocycles. The van der Waals surface area contributed by atoms with Crippen molar-refractivity contribution in [2.45, 2.75) is 39.3 Å². The highest BCUT2D eigenvalue weighted by molar-refractivity contribution is 5.97. The molecule has 0 aromatic heterocycles. The van der Waals surface area contributed by atoms with Gasteiger partial charge in [-0.2, -0.15) is 0 Å². The Bertz CT molecular complexity index is 944. The first-order chi connectivity index (χ1) is 14.8. The van der Waals surface area contributed by atoms with E-state index < -0.39 is 5.60 Å². The predicted octanol–water partition coefficient (Wildman–Crippen LogP) is 3.94. The number of benzene rings is 2. The molecule has 2 aliphatic rings. The van der Waals surface area contributed by atoms with Crippen LogP contribution in [0.25, 0.3) is 0 Å². The monoisotopic (exact) mass is 421 g/mol. The van der Waals surface area contributed by atoms with Gasteiger partial charge in [-0.1, -0.05) is 30.3 Å². The third kappa shape index (κ3) is 5.01. The molecule has 0 atom stereocenters. The van der Waals surface area contributed by atoms with Crippen LogP contribution in [0.3, 0.4) is 0 Å². The van der Waals surface area contributed by atoms with Crippen LogP contribution in [0.1, 0.15) is 42.3 Å². The second-order valence-electron chi connectivity index (χ2n) is 9.26. The van der Waals surface area contributed by atoms with E-state index in [1.807, 2.05) is 56.0 Å². The molecule has 0 unspecified atom stereocenters. The third-order valence-electron chi connectivity index (χ3n) is 5.77. The molecule has 31 heavy (non-hydrogen) atoms. The van der Waals surface area contributed by atoms with Crippen molar-refractivity contribution in [2.75, 3.05) is 37.6 Å². The number of amides is 2. The van der Waals surface area contributed by atoms with Crippen LogP contribution in [-0.2, 0) is 17.7 Å². The quantitative estimate of drug-likeness (QED) is 0.753. The van der Waals surface area contributed by atoms with Gasteiger partial charge in [0.15, 0.2) is 0 Å². The number of anilines is 1. The Labute approximate surface area is 184 Å². The summed E-state index contributed by atoms with van der Waals surface area (Å²) in [4.78, 5) is 31.3. The molecule has 4 rings (SSSR count). The number of hydrogen-bond donors (Lipinski definition) is 0. The van der Waals surface area contributed by atoms with E-state index in [2.05, 4.69) is 23.1 Å². The summed E-state index contributed by atoms with van der Waals surface area (Å²) < 4.78 is 5.48. The van der Waals surface area contributed by atoms with Crippen molar-refractivity contribution in [3.63, 3.8) is 0 Å². The fourth-order valence-corrected chi connectivity index (χ4v) is 4.15. The van der Waals surface area contributed by atoms with Crippen molar-refractivity contribution in [1.29, 1.82) is 0 Å². The predicted molar refractivity (Wildman–Crippen MR) is 121 cm³/mol. The van der Waals surface area contributed by atoms with Gasteiger partial charge in [-0.15, -0.1) is 0 Å². The van der Waals surface area contributed by atoms with Crippen LogP contribution in [0.5, 0.6) is 0 Å². The van der Waals surface area contributed by atoms with Crippen LogP contribution in [0.4, 0.5) is 10.5 Å². The molecule has 0 radical (unpaired) electrons. The second-order valence-corrected chi connectivity index (χ2v) is 9.26. The second kappa shape index (κ2) is 8.61. The Morgan fingerprint density at radius 1 is 0.968 bits per heavy atom. The zero-order valence-electron chi connectivity index (χ0n) is 18.6. The van der Waals surface area contributed by atoms with Gasteiger partial charge in [0.05, 0.1) is 0 Å². The lowest BCUT2D eigenvalue weighted by Crippen LogP contribution is -2.50. The summed E-state index contributed by atoms with van der Waals surface area (Å²) in [5, 5.41) is 0. The van der Waals surface area contributed by atoms with Gasteiger partial charge in [0.2, 0.25) is 0 Å². The highest BCUT2D eigenvalue weighted by atomic mass is 16.6. The van der Waals surface area contributed by atoms with Crippen molar-refractivity contribution in [2.24, 2.45) is 0 Å². The van der Waals surface area contributed by atoms with Crippen LogP contribution in [-0.4, -0.2) is 60.1 Å². The average Bonchev–Trinajstić information content (AvgIpc) is 2.75. The van der Waals surface area contributed by atoms with Crippen LogP contribution in [0.15, 0.2) is 48.5 Å². The Morgan fingerprint density at radius 2 is 1.68 bits per heavy atom. The maximum atomic E-state index is 13.0. The molecule has 0 aliphatic carbocycles. The van der Waals surface area contributed by atoms with Crippen LogP contribution in [0.2, 0.25) is 0 Å². The first kappa shape index (κ1) is 21.2. The molecule has 2 aromatic rings. The lowest BCUT2D eigenvalue weighted by atomic mass is 9.97. The van der Waals surface area contributed by atoms with E-state index in [9.17, 15) is 9.59 Å². The van der Waals surface area contributed by atoms with Crippen LogP contribution >= 0.6 is 0 Å². The average molecular weight is 422 g/mol. The third-order valence-corrected chi connectivity index (χ3v) is 5.77. The van der Waals surface area contributed by atoms with Gasteiger partial charge >= 0.3 is 6.09 Å². The van der Waals surface area contributed by atoms with Crippen LogP contribution in [0, 0.1) is 0 Å². The molecule has 0 spiro atoms. The molecule has 0 N–H and O–H groups in total. The van der Waals surface area contributed by atoms with Gasteiger partial charge < -0.3 is 19.4 Å². The summed E-state index contributed by atoms with van der Waals surface area (Å²) in [6, 6.07) is 16.3. The summed E-state index contributed by atoms with van der Waals surface area (Å²) in [7, 11) is 0. The van der Waals surface area contributed by atoms with Gasteiger partial charge in [0, 0.05) is 50.5 Å². The van der Waals surface area contributed by atoms with Crippen molar-refractivity contribution >= 4 is 17.7 Å². The molecule has 2 amide bonds. The summed E-state index contributed by atoms with van der Waals surface area (Å²) in [5.41, 5.74) is 3.71. The molecule has 6 heteroatoms. The number of ether oxygens (including phenoxy) is 1. The molecular weight excluding hydrogens is 390 g/mol. The summed E-state index contributed by atoms with van der Waals surface area (Å²) >= 11 is 0. The molecule has 1 saturated heterocycles. The molecule has 2 aliphatic heterocycles. The number of nitrogens with zero attached hydrogens (tertiary/aromatic N) is 3. The lowest BCUT2D eigenvalue weighted by Gasteiger charge is -2.37. The Hall–Kier alpha value is -3.02. The number of carbonyl (C=O) groups is 2. The number of piperazine rings is 1. The highest BCUT2D eigenvalue weighted by Gasteiger charge is 2.28. The molecule has 6 nitrogen and oxygen atoms in total. The van der Waals surface area contributed by atoms with E-state index in [0.717, 1.165) is 48.4 Å². The minimum absolute atomic E-state index is 0.103. The number of rotatable bonds is 3. The summed E-state index contributed by atoms with van der Waals surface area (Å²) in [6.07, 6.45) is 0.612. The molecule has 1 fully saturated rings. The Balaban J connectivity index is 1.39. The van der Waals surface area contributed by atoms with Gasteiger partial charge in [-0.3, -0.25) is 4.79 Å². The van der Waals surface area contributed by atoms with E-state index in [-0.39, 0.29) is 12.0 Å². The number of carbonyl (C=O) groups excluding carboxylic acids is 2. The lowest BCUT2D eigenvalue weighted by molar-refractivity contribution is 0.0240. The van der Waals surface area contributed by atoms with E-state index in [0.29, 0.717) is 19.6 Å². The van der Waals surface area contributed by atoms with Crippen molar-refractivity contribution in [3.8, 4) is 0 Å². The van der Waals surface area contributed by atoms with E-state index in [1.165, 1.54) is 0 Å². The standard InChI is InChI=1S/C25H31N3O3/c1-25(2,3)31-24(30)27-15-13-26(14-16-27)21-9-10-22-20(17-21)11-12-28(23(22)29)18-19-7-5-4-6-8-19/h4-10,17H,11-16,18H2,1-3H3. The molecule has 2 aromatic carbocycles. The SMILES string of the molecule is CC(C)(C)OC(=O)N1CCN(c2ccc3c(c2)CCN(Cc2ccccc2)C3=O)CC1.